The number of para-hydroxylation sites is 1. The summed E-state index contributed by atoms with van der Waals surface area (Å²) in [5, 5.41) is 0. The minimum Gasteiger partial charge on any atom is -0.252 e. The molecule has 2 heteroatoms. The molecule has 0 N–H and O–H groups in total. The second-order valence-electron chi connectivity index (χ2n) is 10.4. The SMILES string of the molecule is CC(C)C1=[N+](C(C)C)[C@H]2c3ccccc3C[C@H]2N1c1c(C(C)C)cccc1C(C)C. The van der Waals surface area contributed by atoms with E-state index in [-0.39, 0.29) is 0 Å². The van der Waals surface area contributed by atoms with E-state index in [4.69, 9.17) is 0 Å². The minimum atomic E-state index is 0.443. The van der Waals surface area contributed by atoms with Gasteiger partial charge in [0.2, 0.25) is 0 Å². The molecule has 0 bridgehead atoms. The zero-order valence-corrected chi connectivity index (χ0v) is 20.1. The predicted octanol–water partition coefficient (Wildman–Crippen LogP) is 6.89. The van der Waals surface area contributed by atoms with Crippen LogP contribution in [0.3, 0.4) is 0 Å². The van der Waals surface area contributed by atoms with Crippen molar-refractivity contribution >= 4 is 11.5 Å². The lowest BCUT2D eigenvalue weighted by molar-refractivity contribution is -0.595. The fourth-order valence-electron chi connectivity index (χ4n) is 5.79. The van der Waals surface area contributed by atoms with Gasteiger partial charge in [-0.3, -0.25) is 4.58 Å². The van der Waals surface area contributed by atoms with E-state index in [0.717, 1.165) is 6.42 Å². The van der Waals surface area contributed by atoms with Crippen molar-refractivity contribution in [3.8, 4) is 0 Å². The smallest absolute Gasteiger partial charge is 0.252 e. The Morgan fingerprint density at radius 3 is 1.90 bits per heavy atom. The molecule has 0 fully saturated rings. The highest BCUT2D eigenvalue weighted by atomic mass is 15.4. The second kappa shape index (κ2) is 7.87. The van der Waals surface area contributed by atoms with Gasteiger partial charge in [0.1, 0.15) is 11.7 Å². The maximum atomic E-state index is 2.78. The number of benzene rings is 2. The molecule has 0 saturated heterocycles. The van der Waals surface area contributed by atoms with Gasteiger partial charge in [-0.15, -0.1) is 0 Å². The Kier molecular flexibility index (Phi) is 5.55. The molecule has 0 unspecified atom stereocenters. The Bertz CT molecular complexity index is 938. The molecule has 160 valence electrons. The zero-order valence-electron chi connectivity index (χ0n) is 20.1. The Hall–Kier alpha value is -2.09. The number of hydrogen-bond acceptors (Lipinski definition) is 1. The lowest BCUT2D eigenvalue weighted by atomic mass is 9.90. The lowest BCUT2D eigenvalue weighted by Crippen LogP contribution is -2.41. The molecule has 1 heterocycles. The summed E-state index contributed by atoms with van der Waals surface area (Å²) in [6, 6.07) is 17.5. The molecule has 0 amide bonds. The van der Waals surface area contributed by atoms with Crippen LogP contribution in [0, 0.1) is 5.92 Å². The summed E-state index contributed by atoms with van der Waals surface area (Å²) in [5.74, 6) is 2.99. The van der Waals surface area contributed by atoms with Crippen LogP contribution in [0.25, 0.3) is 0 Å². The zero-order chi connectivity index (χ0) is 21.7. The number of rotatable bonds is 5. The van der Waals surface area contributed by atoms with Gasteiger partial charge in [-0.25, -0.2) is 4.90 Å². The molecule has 2 aliphatic rings. The first kappa shape index (κ1) is 21.2. The highest BCUT2D eigenvalue weighted by Crippen LogP contribution is 2.48. The van der Waals surface area contributed by atoms with Gasteiger partial charge in [-0.2, -0.15) is 0 Å². The summed E-state index contributed by atoms with van der Waals surface area (Å²) in [5.41, 5.74) is 7.51. The fraction of sp³-hybridized carbons (Fsp3) is 0.536. The van der Waals surface area contributed by atoms with E-state index >= 15 is 0 Å². The van der Waals surface area contributed by atoms with Gasteiger partial charge in [0, 0.05) is 23.1 Å². The van der Waals surface area contributed by atoms with E-state index < -0.39 is 0 Å². The number of nitrogens with zero attached hydrogens (tertiary/aromatic N) is 2. The van der Waals surface area contributed by atoms with Crippen LogP contribution in [0.15, 0.2) is 42.5 Å². The van der Waals surface area contributed by atoms with Gasteiger partial charge in [-0.05, 0) is 31.2 Å². The molecule has 2 nitrogen and oxygen atoms in total. The van der Waals surface area contributed by atoms with Crippen molar-refractivity contribution in [1.82, 2.24) is 0 Å². The van der Waals surface area contributed by atoms with Crippen LogP contribution >= 0.6 is 0 Å². The van der Waals surface area contributed by atoms with Crippen molar-refractivity contribution in [2.45, 2.75) is 91.8 Å². The summed E-state index contributed by atoms with van der Waals surface area (Å²) in [6.07, 6.45) is 1.13. The van der Waals surface area contributed by atoms with Gasteiger partial charge in [0.05, 0.1) is 12.0 Å². The van der Waals surface area contributed by atoms with Gasteiger partial charge in [0.15, 0.2) is 6.04 Å². The molecule has 0 radical (unpaired) electrons. The first-order valence-electron chi connectivity index (χ1n) is 11.9. The third-order valence-corrected chi connectivity index (χ3v) is 6.97. The van der Waals surface area contributed by atoms with Crippen molar-refractivity contribution in [3.63, 3.8) is 0 Å². The monoisotopic (exact) mass is 403 g/mol. The van der Waals surface area contributed by atoms with Gasteiger partial charge < -0.3 is 0 Å². The van der Waals surface area contributed by atoms with Crippen LogP contribution in [0.4, 0.5) is 5.69 Å². The number of hydrogen-bond donors (Lipinski definition) is 0. The quantitative estimate of drug-likeness (QED) is 0.492. The molecule has 2 aromatic carbocycles. The summed E-state index contributed by atoms with van der Waals surface area (Å²) in [4.78, 5) is 2.78. The summed E-state index contributed by atoms with van der Waals surface area (Å²) >= 11 is 0. The molecule has 0 aromatic heterocycles. The van der Waals surface area contributed by atoms with Crippen LogP contribution in [-0.2, 0) is 6.42 Å². The van der Waals surface area contributed by atoms with Gasteiger partial charge in [-0.1, -0.05) is 84.0 Å². The third kappa shape index (κ3) is 3.20. The molecule has 1 aliphatic heterocycles. The number of anilines is 1. The maximum absolute atomic E-state index is 2.78. The molecule has 0 spiro atoms. The standard InChI is InChI=1S/C28H39N2/c1-17(2)22-14-11-15-23(18(3)4)26(22)30-25-16-21-12-9-10-13-24(21)27(25)29(20(7)8)28(30)19(5)6/h9-15,17-20,25,27H,16H2,1-8H3/q+1/t25-,27+/m1/s1. The number of amidine groups is 1. The van der Waals surface area contributed by atoms with Crippen LogP contribution in [0.1, 0.15) is 95.5 Å². The van der Waals surface area contributed by atoms with Crippen molar-refractivity contribution in [2.75, 3.05) is 4.90 Å². The van der Waals surface area contributed by atoms with Crippen molar-refractivity contribution in [1.29, 1.82) is 0 Å². The minimum absolute atomic E-state index is 0.443. The maximum Gasteiger partial charge on any atom is 0.255 e. The van der Waals surface area contributed by atoms with Crippen molar-refractivity contribution in [2.24, 2.45) is 5.92 Å². The second-order valence-corrected chi connectivity index (χ2v) is 10.4. The summed E-state index contributed by atoms with van der Waals surface area (Å²) in [7, 11) is 0. The molecular formula is C28H39N2+. The van der Waals surface area contributed by atoms with Crippen LogP contribution < -0.4 is 4.90 Å². The highest BCUT2D eigenvalue weighted by Gasteiger charge is 2.55. The highest BCUT2D eigenvalue weighted by molar-refractivity contribution is 5.99. The Morgan fingerprint density at radius 1 is 0.767 bits per heavy atom. The Morgan fingerprint density at radius 2 is 1.37 bits per heavy atom. The van der Waals surface area contributed by atoms with E-state index in [2.05, 4.69) is 107 Å². The number of fused-ring (bicyclic) bond motifs is 3. The Labute approximate surface area is 183 Å². The summed E-state index contributed by atoms with van der Waals surface area (Å²) in [6.45, 7) is 18.8. The van der Waals surface area contributed by atoms with E-state index in [9.17, 15) is 0 Å². The predicted molar refractivity (Wildman–Crippen MR) is 129 cm³/mol. The van der Waals surface area contributed by atoms with Gasteiger partial charge >= 0.3 is 0 Å². The molecule has 2 aromatic rings. The van der Waals surface area contributed by atoms with Crippen LogP contribution in [0.2, 0.25) is 0 Å². The molecule has 4 rings (SSSR count). The van der Waals surface area contributed by atoms with Crippen LogP contribution in [-0.4, -0.2) is 22.5 Å². The topological polar surface area (TPSA) is 6.25 Å². The Balaban J connectivity index is 2.02. The van der Waals surface area contributed by atoms with E-state index in [1.165, 1.54) is 33.8 Å². The fourth-order valence-corrected chi connectivity index (χ4v) is 5.79. The van der Waals surface area contributed by atoms with Crippen molar-refractivity contribution in [3.05, 3.63) is 64.7 Å². The van der Waals surface area contributed by atoms with Crippen molar-refractivity contribution < 1.29 is 4.58 Å². The molecular weight excluding hydrogens is 364 g/mol. The molecule has 30 heavy (non-hydrogen) atoms. The van der Waals surface area contributed by atoms with E-state index in [1.54, 1.807) is 0 Å². The first-order valence-corrected chi connectivity index (χ1v) is 11.9. The van der Waals surface area contributed by atoms with E-state index in [1.807, 2.05) is 0 Å². The molecule has 0 saturated carbocycles. The normalized spacial score (nSPS) is 20.9. The average Bonchev–Trinajstić information content (AvgIpc) is 3.21. The molecule has 2 atom stereocenters. The third-order valence-electron chi connectivity index (χ3n) is 6.97. The largest absolute Gasteiger partial charge is 0.255 e. The van der Waals surface area contributed by atoms with Gasteiger partial charge in [0.25, 0.3) is 5.84 Å². The average molecular weight is 404 g/mol. The molecule has 1 aliphatic carbocycles. The van der Waals surface area contributed by atoms with E-state index in [0.29, 0.717) is 35.9 Å². The first-order chi connectivity index (χ1) is 14.2. The van der Waals surface area contributed by atoms with Crippen LogP contribution in [0.5, 0.6) is 0 Å². The lowest BCUT2D eigenvalue weighted by Gasteiger charge is -2.28. The summed E-state index contributed by atoms with van der Waals surface area (Å²) < 4.78 is 2.74.